The van der Waals surface area contributed by atoms with Gasteiger partial charge in [0.05, 0.1) is 11.0 Å². The van der Waals surface area contributed by atoms with E-state index in [-0.39, 0.29) is 11.7 Å². The molecule has 0 aliphatic heterocycles. The van der Waals surface area contributed by atoms with E-state index < -0.39 is 4.92 Å². The second kappa shape index (κ2) is 5.79. The van der Waals surface area contributed by atoms with Gasteiger partial charge in [0.25, 0.3) is 5.69 Å². The summed E-state index contributed by atoms with van der Waals surface area (Å²) in [4.78, 5) is 14.6. The molecule has 0 saturated heterocycles. The van der Waals surface area contributed by atoms with Crippen LogP contribution in [0.25, 0.3) is 11.4 Å². The number of benzene rings is 1. The Labute approximate surface area is 115 Å². The van der Waals surface area contributed by atoms with Crippen molar-refractivity contribution in [2.24, 2.45) is 5.73 Å². The highest BCUT2D eigenvalue weighted by Crippen LogP contribution is 2.26. The van der Waals surface area contributed by atoms with Crippen LogP contribution in [0.1, 0.15) is 37.3 Å². The number of hydrogen-bond donors (Lipinski definition) is 1. The fourth-order valence-corrected chi connectivity index (χ4v) is 1.89. The smallest absolute Gasteiger partial charge is 0.270 e. The number of aryl methyl sites for hydroxylation is 1. The number of hydrogen-bond acceptors (Lipinski definition) is 6. The predicted octanol–water partition coefficient (Wildman–Crippen LogP) is 2.75. The quantitative estimate of drug-likeness (QED) is 0.664. The molecule has 2 aromatic rings. The topological polar surface area (TPSA) is 108 Å². The van der Waals surface area contributed by atoms with Gasteiger partial charge in [-0.05, 0) is 18.9 Å². The molecule has 1 atom stereocenters. The third-order valence-electron chi connectivity index (χ3n) is 3.03. The molecule has 0 amide bonds. The number of nitrogens with zero attached hydrogens (tertiary/aromatic N) is 3. The summed E-state index contributed by atoms with van der Waals surface area (Å²) in [6, 6.07) is 4.24. The zero-order chi connectivity index (χ0) is 14.7. The number of aromatic nitrogens is 2. The van der Waals surface area contributed by atoms with Crippen LogP contribution in [-0.4, -0.2) is 15.1 Å². The van der Waals surface area contributed by atoms with Crippen molar-refractivity contribution in [2.45, 2.75) is 32.7 Å². The molecule has 0 radical (unpaired) electrons. The summed E-state index contributed by atoms with van der Waals surface area (Å²) in [6.07, 6.45) is 1.66. The first kappa shape index (κ1) is 14.1. The van der Waals surface area contributed by atoms with Crippen molar-refractivity contribution in [3.05, 3.63) is 39.8 Å². The minimum absolute atomic E-state index is 0.00481. The van der Waals surface area contributed by atoms with Crippen LogP contribution in [0.2, 0.25) is 0 Å². The van der Waals surface area contributed by atoms with Crippen LogP contribution in [0.15, 0.2) is 22.7 Å². The largest absolute Gasteiger partial charge is 0.337 e. The van der Waals surface area contributed by atoms with Crippen LogP contribution >= 0.6 is 0 Å². The van der Waals surface area contributed by atoms with Crippen LogP contribution in [0.3, 0.4) is 0 Å². The lowest BCUT2D eigenvalue weighted by Crippen LogP contribution is -2.09. The lowest BCUT2D eigenvalue weighted by atomic mass is 10.1. The average Bonchev–Trinajstić information content (AvgIpc) is 2.88. The molecule has 7 heteroatoms. The summed E-state index contributed by atoms with van der Waals surface area (Å²) >= 11 is 0. The SMILES string of the molecule is CCC[C@@H](N)c1nc(-c2cc([N+](=O)[O-])ccc2C)no1. The second-order valence-corrected chi connectivity index (χ2v) is 4.61. The first-order chi connectivity index (χ1) is 9.52. The number of nitro groups is 1. The Hall–Kier alpha value is -2.28. The fraction of sp³-hybridized carbons (Fsp3) is 0.385. The van der Waals surface area contributed by atoms with Crippen molar-refractivity contribution in [1.29, 1.82) is 0 Å². The lowest BCUT2D eigenvalue weighted by molar-refractivity contribution is -0.384. The second-order valence-electron chi connectivity index (χ2n) is 4.61. The number of nitrogens with two attached hydrogens (primary N) is 1. The normalized spacial score (nSPS) is 12.3. The van der Waals surface area contributed by atoms with Gasteiger partial charge in [-0.3, -0.25) is 10.1 Å². The molecule has 2 rings (SSSR count). The maximum Gasteiger partial charge on any atom is 0.270 e. The maximum atomic E-state index is 10.8. The van der Waals surface area contributed by atoms with Crippen LogP contribution < -0.4 is 5.73 Å². The average molecular weight is 276 g/mol. The van der Waals surface area contributed by atoms with Crippen molar-refractivity contribution >= 4 is 5.69 Å². The van der Waals surface area contributed by atoms with Gasteiger partial charge in [0, 0.05) is 17.7 Å². The molecule has 0 bridgehead atoms. The van der Waals surface area contributed by atoms with Gasteiger partial charge in [-0.2, -0.15) is 4.98 Å². The highest BCUT2D eigenvalue weighted by atomic mass is 16.6. The van der Waals surface area contributed by atoms with Crippen molar-refractivity contribution in [2.75, 3.05) is 0 Å². The van der Waals surface area contributed by atoms with Crippen LogP contribution in [0.4, 0.5) is 5.69 Å². The van der Waals surface area contributed by atoms with E-state index in [0.29, 0.717) is 17.3 Å². The van der Waals surface area contributed by atoms with Gasteiger partial charge in [-0.1, -0.05) is 24.6 Å². The number of nitro benzene ring substituents is 1. The molecule has 2 N–H and O–H groups in total. The lowest BCUT2D eigenvalue weighted by Gasteiger charge is -2.02. The van der Waals surface area contributed by atoms with E-state index >= 15 is 0 Å². The Morgan fingerprint density at radius 1 is 1.50 bits per heavy atom. The summed E-state index contributed by atoms with van der Waals surface area (Å²) in [5.41, 5.74) is 7.33. The fourth-order valence-electron chi connectivity index (χ4n) is 1.89. The minimum Gasteiger partial charge on any atom is -0.337 e. The van der Waals surface area contributed by atoms with Gasteiger partial charge in [0.15, 0.2) is 0 Å². The molecule has 0 unspecified atom stereocenters. The van der Waals surface area contributed by atoms with E-state index in [1.165, 1.54) is 12.1 Å². The van der Waals surface area contributed by atoms with Crippen molar-refractivity contribution < 1.29 is 9.45 Å². The molecular formula is C13H16N4O3. The summed E-state index contributed by atoms with van der Waals surface area (Å²) in [5, 5.41) is 14.7. The minimum atomic E-state index is -0.452. The molecule has 0 aliphatic carbocycles. The van der Waals surface area contributed by atoms with Gasteiger partial charge >= 0.3 is 0 Å². The van der Waals surface area contributed by atoms with Crippen molar-refractivity contribution in [1.82, 2.24) is 10.1 Å². The van der Waals surface area contributed by atoms with E-state index in [0.717, 1.165) is 18.4 Å². The van der Waals surface area contributed by atoms with E-state index in [9.17, 15) is 10.1 Å². The van der Waals surface area contributed by atoms with E-state index in [4.69, 9.17) is 10.3 Å². The molecule has 0 fully saturated rings. The zero-order valence-corrected chi connectivity index (χ0v) is 11.4. The molecule has 1 heterocycles. The third-order valence-corrected chi connectivity index (χ3v) is 3.03. The molecule has 106 valence electrons. The first-order valence-electron chi connectivity index (χ1n) is 6.37. The maximum absolute atomic E-state index is 10.8. The number of non-ortho nitro benzene ring substituents is 1. The molecule has 7 nitrogen and oxygen atoms in total. The molecule has 20 heavy (non-hydrogen) atoms. The Morgan fingerprint density at radius 2 is 2.25 bits per heavy atom. The number of rotatable bonds is 5. The van der Waals surface area contributed by atoms with Gasteiger partial charge in [-0.15, -0.1) is 0 Å². The molecular weight excluding hydrogens is 260 g/mol. The summed E-state index contributed by atoms with van der Waals surface area (Å²) in [6.45, 7) is 3.85. The zero-order valence-electron chi connectivity index (χ0n) is 11.4. The molecule has 1 aromatic heterocycles. The third kappa shape index (κ3) is 2.83. The van der Waals surface area contributed by atoms with Gasteiger partial charge in [-0.25, -0.2) is 0 Å². The summed E-state index contributed by atoms with van der Waals surface area (Å²) in [7, 11) is 0. The Balaban J connectivity index is 2.36. The standard InChI is InChI=1S/C13H16N4O3/c1-3-4-11(14)13-15-12(16-20-13)10-7-9(17(18)19)6-5-8(10)2/h5-7,11H,3-4,14H2,1-2H3/t11-/m1/s1. The Morgan fingerprint density at radius 3 is 2.90 bits per heavy atom. The van der Waals surface area contributed by atoms with Gasteiger partial charge < -0.3 is 10.3 Å². The monoisotopic (exact) mass is 276 g/mol. The van der Waals surface area contributed by atoms with Crippen molar-refractivity contribution in [3.8, 4) is 11.4 Å². The van der Waals surface area contributed by atoms with Crippen LogP contribution in [0, 0.1) is 17.0 Å². The molecule has 0 saturated carbocycles. The highest BCUT2D eigenvalue weighted by molar-refractivity contribution is 5.63. The van der Waals surface area contributed by atoms with Crippen LogP contribution in [0.5, 0.6) is 0 Å². The predicted molar refractivity (Wildman–Crippen MR) is 73.0 cm³/mol. The molecule has 1 aromatic carbocycles. The van der Waals surface area contributed by atoms with E-state index in [1.807, 2.05) is 13.8 Å². The van der Waals surface area contributed by atoms with Gasteiger partial charge in [0.2, 0.25) is 11.7 Å². The Kier molecular flexibility index (Phi) is 4.09. The van der Waals surface area contributed by atoms with E-state index in [2.05, 4.69) is 10.1 Å². The van der Waals surface area contributed by atoms with Crippen molar-refractivity contribution in [3.63, 3.8) is 0 Å². The Bertz CT molecular complexity index is 624. The summed E-state index contributed by atoms with van der Waals surface area (Å²) in [5.74, 6) is 0.681. The summed E-state index contributed by atoms with van der Waals surface area (Å²) < 4.78 is 5.13. The van der Waals surface area contributed by atoms with Crippen LogP contribution in [-0.2, 0) is 0 Å². The highest BCUT2D eigenvalue weighted by Gasteiger charge is 2.18. The first-order valence-corrected chi connectivity index (χ1v) is 6.37. The van der Waals surface area contributed by atoms with E-state index in [1.54, 1.807) is 6.07 Å². The molecule has 0 spiro atoms. The molecule has 0 aliphatic rings. The van der Waals surface area contributed by atoms with Gasteiger partial charge in [0.1, 0.15) is 0 Å².